The topological polar surface area (TPSA) is 122 Å². The van der Waals surface area contributed by atoms with Crippen LogP contribution in [0.4, 0.5) is 0 Å². The molecule has 2 rings (SSSR count). The molecule has 0 saturated carbocycles. The van der Waals surface area contributed by atoms with Gasteiger partial charge in [0.05, 0.1) is 0 Å². The van der Waals surface area contributed by atoms with Crippen molar-refractivity contribution in [2.45, 2.75) is 42.7 Å². The quantitative estimate of drug-likeness (QED) is 0.387. The number of ether oxygens (including phenoxy) is 1. The van der Waals surface area contributed by atoms with Gasteiger partial charge in [0, 0.05) is 0 Å². The van der Waals surface area contributed by atoms with Crippen LogP contribution in [0.3, 0.4) is 0 Å². The number of carbonyl (C=O) groups is 3. The van der Waals surface area contributed by atoms with E-state index in [0.29, 0.717) is 24.7 Å². The average molecular weight is 441 g/mol. The molecule has 147 valence electrons. The number of esters is 1. The second-order valence-electron chi connectivity index (χ2n) is 6.42. The minimum absolute atomic E-state index is 0.113. The summed E-state index contributed by atoms with van der Waals surface area (Å²) in [7, 11) is 1.25. The molecule has 2 amide bonds. The number of methoxy groups -OCH3 is 1. The van der Waals surface area contributed by atoms with Gasteiger partial charge in [-0.15, -0.1) is 0 Å². The Morgan fingerprint density at radius 1 is 1.37 bits per heavy atom. The second kappa shape index (κ2) is 9.73. The van der Waals surface area contributed by atoms with Crippen LogP contribution in [0, 0.1) is 0 Å². The SMILES string of the molecule is COC(=O)[C@H](Cc1ccc(O)cc1)NC(=O)[C@@H]1CCCN1C(=O)[C@@H](N)C[Se]. The molecular formula is C18H24N3O5Se. The fourth-order valence-corrected chi connectivity index (χ4v) is 3.36. The van der Waals surface area contributed by atoms with Crippen LogP contribution >= 0.6 is 0 Å². The Bertz CT molecular complexity index is 682. The minimum atomic E-state index is -0.891. The fourth-order valence-electron chi connectivity index (χ4n) is 3.06. The van der Waals surface area contributed by atoms with Gasteiger partial charge in [-0.05, 0) is 0 Å². The molecule has 1 aliphatic rings. The Hall–Kier alpha value is -2.09. The van der Waals surface area contributed by atoms with E-state index in [0.717, 1.165) is 5.56 Å². The Morgan fingerprint density at radius 2 is 2.04 bits per heavy atom. The van der Waals surface area contributed by atoms with Crippen molar-refractivity contribution in [3.8, 4) is 5.75 Å². The van der Waals surface area contributed by atoms with Crippen LogP contribution < -0.4 is 11.1 Å². The summed E-state index contributed by atoms with van der Waals surface area (Å²) in [6, 6.07) is 4.11. The molecular weight excluding hydrogens is 417 g/mol. The van der Waals surface area contributed by atoms with Crippen LogP contribution in [0.15, 0.2) is 24.3 Å². The first-order valence-electron chi connectivity index (χ1n) is 8.67. The number of nitrogens with two attached hydrogens (primary N) is 1. The Kier molecular flexibility index (Phi) is 7.65. The third kappa shape index (κ3) is 5.45. The average Bonchev–Trinajstić information content (AvgIpc) is 3.17. The molecule has 1 aromatic carbocycles. The van der Waals surface area contributed by atoms with E-state index in [1.54, 1.807) is 12.1 Å². The zero-order valence-corrected chi connectivity index (χ0v) is 16.8. The number of hydrogen-bond acceptors (Lipinski definition) is 6. The Morgan fingerprint density at radius 3 is 2.63 bits per heavy atom. The van der Waals surface area contributed by atoms with Gasteiger partial charge in [0.25, 0.3) is 0 Å². The van der Waals surface area contributed by atoms with E-state index in [-0.39, 0.29) is 18.1 Å². The maximum atomic E-state index is 12.7. The molecule has 0 bridgehead atoms. The summed E-state index contributed by atoms with van der Waals surface area (Å²) in [5, 5.41) is 12.4. The van der Waals surface area contributed by atoms with Gasteiger partial charge in [0.15, 0.2) is 0 Å². The molecule has 1 aromatic rings. The molecule has 1 fully saturated rings. The van der Waals surface area contributed by atoms with Crippen molar-refractivity contribution in [2.75, 3.05) is 13.7 Å². The summed E-state index contributed by atoms with van der Waals surface area (Å²) < 4.78 is 4.79. The number of benzene rings is 1. The number of carbonyl (C=O) groups excluding carboxylic acids is 3. The van der Waals surface area contributed by atoms with E-state index in [1.165, 1.54) is 24.1 Å². The molecule has 3 atom stereocenters. The van der Waals surface area contributed by atoms with Gasteiger partial charge in [0.1, 0.15) is 5.75 Å². The molecule has 8 nitrogen and oxygen atoms in total. The number of phenols is 1. The van der Waals surface area contributed by atoms with E-state index < -0.39 is 30.0 Å². The van der Waals surface area contributed by atoms with Gasteiger partial charge in [-0.25, -0.2) is 0 Å². The van der Waals surface area contributed by atoms with Gasteiger partial charge in [-0.3, -0.25) is 0 Å². The maximum absolute atomic E-state index is 12.7. The van der Waals surface area contributed by atoms with Crippen molar-refractivity contribution in [1.29, 1.82) is 0 Å². The summed E-state index contributed by atoms with van der Waals surface area (Å²) in [5.41, 5.74) is 6.55. The zero-order chi connectivity index (χ0) is 20.0. The monoisotopic (exact) mass is 442 g/mol. The van der Waals surface area contributed by atoms with Crippen molar-refractivity contribution < 1.29 is 24.2 Å². The summed E-state index contributed by atoms with van der Waals surface area (Å²) in [4.78, 5) is 38.7. The number of rotatable bonds is 7. The predicted molar refractivity (Wildman–Crippen MR) is 99.0 cm³/mol. The normalized spacial score (nSPS) is 18.6. The number of aromatic hydroxyl groups is 1. The first-order chi connectivity index (χ1) is 12.9. The molecule has 1 saturated heterocycles. The van der Waals surface area contributed by atoms with Crippen LogP contribution in [0.1, 0.15) is 18.4 Å². The van der Waals surface area contributed by atoms with Crippen LogP contribution in [0.25, 0.3) is 0 Å². The summed E-state index contributed by atoms with van der Waals surface area (Å²) in [6.45, 7) is 0.464. The third-order valence-electron chi connectivity index (χ3n) is 4.51. The standard InChI is InChI=1S/C18H24N3O5Se/c1-26-18(25)14(9-11-4-6-12(22)7-5-11)20-16(23)15-3-2-8-21(15)17(24)13(19)10-27/h4-7,13-15,22H,2-3,8-10,19H2,1H3,(H,20,23)/t13-,14-,15-/m0/s1. The number of nitrogens with zero attached hydrogens (tertiary/aromatic N) is 1. The van der Waals surface area contributed by atoms with Crippen LogP contribution in [-0.2, 0) is 25.5 Å². The molecule has 1 aliphatic heterocycles. The van der Waals surface area contributed by atoms with E-state index >= 15 is 0 Å². The van der Waals surface area contributed by atoms with Crippen molar-refractivity contribution in [2.24, 2.45) is 5.73 Å². The van der Waals surface area contributed by atoms with Crippen molar-refractivity contribution in [1.82, 2.24) is 10.2 Å². The van der Waals surface area contributed by atoms with Gasteiger partial charge in [-0.2, -0.15) is 0 Å². The van der Waals surface area contributed by atoms with Gasteiger partial charge in [-0.1, -0.05) is 0 Å². The van der Waals surface area contributed by atoms with E-state index in [2.05, 4.69) is 21.3 Å². The number of amides is 2. The molecule has 0 aromatic heterocycles. The molecule has 0 spiro atoms. The van der Waals surface area contributed by atoms with Gasteiger partial charge in [0.2, 0.25) is 0 Å². The third-order valence-corrected chi connectivity index (χ3v) is 5.27. The van der Waals surface area contributed by atoms with E-state index in [1.807, 2.05) is 0 Å². The molecule has 1 radical (unpaired) electrons. The molecule has 27 heavy (non-hydrogen) atoms. The number of likely N-dealkylation sites (tertiary alicyclic amines) is 1. The Labute approximate surface area is 166 Å². The Balaban J connectivity index is 2.09. The second-order valence-corrected chi connectivity index (χ2v) is 7.12. The molecule has 1 heterocycles. The van der Waals surface area contributed by atoms with Crippen LogP contribution in [0.5, 0.6) is 5.75 Å². The number of nitrogens with one attached hydrogen (secondary N) is 1. The van der Waals surface area contributed by atoms with E-state index in [4.69, 9.17) is 10.5 Å². The van der Waals surface area contributed by atoms with Crippen molar-refractivity contribution in [3.63, 3.8) is 0 Å². The first-order valence-corrected chi connectivity index (χ1v) is 9.88. The van der Waals surface area contributed by atoms with E-state index in [9.17, 15) is 19.5 Å². The van der Waals surface area contributed by atoms with Crippen LogP contribution in [-0.4, -0.2) is 75.6 Å². The zero-order valence-electron chi connectivity index (χ0n) is 15.1. The number of hydrogen-bond donors (Lipinski definition) is 3. The molecule has 9 heteroatoms. The van der Waals surface area contributed by atoms with Crippen molar-refractivity contribution >= 4 is 33.8 Å². The first kappa shape index (κ1) is 21.2. The number of phenolic OH excluding ortho intramolecular Hbond substituents is 1. The fraction of sp³-hybridized carbons (Fsp3) is 0.500. The summed E-state index contributed by atoms with van der Waals surface area (Å²) in [6.07, 6.45) is 1.43. The molecule has 4 N–H and O–H groups in total. The van der Waals surface area contributed by atoms with Gasteiger partial charge < -0.3 is 5.11 Å². The predicted octanol–water partition coefficient (Wildman–Crippen LogP) is -0.502. The summed E-state index contributed by atoms with van der Waals surface area (Å²) >= 11 is 2.72. The van der Waals surface area contributed by atoms with Crippen LogP contribution in [0.2, 0.25) is 5.32 Å². The molecule has 0 unspecified atom stereocenters. The summed E-state index contributed by atoms with van der Waals surface area (Å²) in [5.74, 6) is -1.14. The van der Waals surface area contributed by atoms with Crippen molar-refractivity contribution in [3.05, 3.63) is 29.8 Å². The molecule has 0 aliphatic carbocycles. The van der Waals surface area contributed by atoms with Gasteiger partial charge >= 0.3 is 155 Å².